The van der Waals surface area contributed by atoms with Crippen LogP contribution in [0.25, 0.3) is 0 Å². The first-order chi connectivity index (χ1) is 9.20. The molecule has 19 heavy (non-hydrogen) atoms. The number of hydrogen-bond acceptors (Lipinski definition) is 3. The third-order valence-electron chi connectivity index (χ3n) is 2.81. The first kappa shape index (κ1) is 12.9. The van der Waals surface area contributed by atoms with E-state index in [1.54, 1.807) is 34.9 Å². The summed E-state index contributed by atoms with van der Waals surface area (Å²) in [5.41, 5.74) is 1.43. The molecule has 4 nitrogen and oxygen atoms in total. The van der Waals surface area contributed by atoms with Crippen molar-refractivity contribution in [2.75, 3.05) is 6.61 Å². The van der Waals surface area contributed by atoms with Gasteiger partial charge in [-0.25, -0.2) is 0 Å². The number of nitrogens with zero attached hydrogens (tertiary/aromatic N) is 2. The second-order valence-corrected chi connectivity index (χ2v) is 4.15. The van der Waals surface area contributed by atoms with Crippen molar-refractivity contribution in [3.05, 3.63) is 64.1 Å². The van der Waals surface area contributed by atoms with E-state index in [0.717, 1.165) is 5.69 Å². The normalized spacial score (nSPS) is 9.89. The van der Waals surface area contributed by atoms with Crippen LogP contribution in [-0.4, -0.2) is 11.2 Å². The molecule has 0 radical (unpaired) electrons. The first-order valence-electron chi connectivity index (χ1n) is 6.00. The monoisotopic (exact) mass is 254 g/mol. The van der Waals surface area contributed by atoms with Gasteiger partial charge in [0.25, 0.3) is 5.56 Å². The predicted molar refractivity (Wildman–Crippen MR) is 72.1 cm³/mol. The summed E-state index contributed by atoms with van der Waals surface area (Å²) in [7, 11) is 0. The minimum atomic E-state index is -0.0330. The lowest BCUT2D eigenvalue weighted by atomic mass is 10.2. The van der Waals surface area contributed by atoms with Gasteiger partial charge in [-0.3, -0.25) is 4.79 Å². The van der Waals surface area contributed by atoms with Gasteiger partial charge in [-0.05, 0) is 31.2 Å². The van der Waals surface area contributed by atoms with Gasteiger partial charge in [0.05, 0.1) is 18.2 Å². The zero-order valence-electron chi connectivity index (χ0n) is 10.7. The number of benzene rings is 1. The van der Waals surface area contributed by atoms with E-state index < -0.39 is 0 Å². The fraction of sp³-hybridized carbons (Fsp3) is 0.200. The highest BCUT2D eigenvalue weighted by molar-refractivity contribution is 5.36. The average molecular weight is 254 g/mol. The van der Waals surface area contributed by atoms with E-state index in [0.29, 0.717) is 24.5 Å². The molecular formula is C15H14N2O2. The molecule has 0 N–H and O–H groups in total. The number of rotatable bonds is 4. The third kappa shape index (κ3) is 3.23. The Morgan fingerprint density at radius 1 is 1.26 bits per heavy atom. The molecule has 0 fully saturated rings. The first-order valence-corrected chi connectivity index (χ1v) is 6.00. The molecule has 1 heterocycles. The highest BCUT2D eigenvalue weighted by Gasteiger charge is 2.00. The van der Waals surface area contributed by atoms with Gasteiger partial charge in [0.1, 0.15) is 12.4 Å². The highest BCUT2D eigenvalue weighted by atomic mass is 16.5. The molecule has 0 bridgehead atoms. The summed E-state index contributed by atoms with van der Waals surface area (Å²) < 4.78 is 7.21. The molecule has 1 aromatic heterocycles. The van der Waals surface area contributed by atoms with E-state index in [1.165, 1.54) is 6.07 Å². The summed E-state index contributed by atoms with van der Waals surface area (Å²) in [5.74, 6) is 0.640. The van der Waals surface area contributed by atoms with Crippen LogP contribution in [0.3, 0.4) is 0 Å². The van der Waals surface area contributed by atoms with E-state index in [9.17, 15) is 4.79 Å². The van der Waals surface area contributed by atoms with Crippen molar-refractivity contribution in [1.82, 2.24) is 4.57 Å². The lowest BCUT2D eigenvalue weighted by Gasteiger charge is -2.10. The molecule has 0 amide bonds. The minimum Gasteiger partial charge on any atom is -0.492 e. The average Bonchev–Trinajstić information content (AvgIpc) is 2.42. The number of nitriles is 1. The van der Waals surface area contributed by atoms with Crippen molar-refractivity contribution in [3.8, 4) is 11.8 Å². The topological polar surface area (TPSA) is 55.0 Å². The van der Waals surface area contributed by atoms with Crippen molar-refractivity contribution in [1.29, 1.82) is 5.26 Å². The molecule has 0 aliphatic rings. The number of aryl methyl sites for hydroxylation is 1. The smallest absolute Gasteiger partial charge is 0.250 e. The van der Waals surface area contributed by atoms with Gasteiger partial charge >= 0.3 is 0 Å². The van der Waals surface area contributed by atoms with E-state index in [1.807, 2.05) is 13.0 Å². The number of pyridine rings is 1. The summed E-state index contributed by atoms with van der Waals surface area (Å²) in [6.45, 7) is 2.76. The maximum Gasteiger partial charge on any atom is 0.250 e. The summed E-state index contributed by atoms with van der Waals surface area (Å²) in [5, 5.41) is 8.79. The van der Waals surface area contributed by atoms with Gasteiger partial charge in [-0.1, -0.05) is 12.1 Å². The van der Waals surface area contributed by atoms with E-state index in [2.05, 4.69) is 6.07 Å². The Morgan fingerprint density at radius 3 is 2.79 bits per heavy atom. The zero-order valence-corrected chi connectivity index (χ0v) is 10.7. The predicted octanol–water partition coefficient (Wildman–Crippen LogP) is 2.11. The van der Waals surface area contributed by atoms with Gasteiger partial charge < -0.3 is 9.30 Å². The van der Waals surface area contributed by atoms with Crippen LogP contribution in [-0.2, 0) is 6.54 Å². The summed E-state index contributed by atoms with van der Waals surface area (Å²) >= 11 is 0. The van der Waals surface area contributed by atoms with Gasteiger partial charge in [-0.2, -0.15) is 5.26 Å². The largest absolute Gasteiger partial charge is 0.492 e. The molecule has 0 atom stereocenters. The SMILES string of the molecule is Cc1cccc(=O)n1CCOc1cccc(C#N)c1. The van der Waals surface area contributed by atoms with Crippen molar-refractivity contribution in [2.24, 2.45) is 0 Å². The number of hydrogen-bond donors (Lipinski definition) is 0. The van der Waals surface area contributed by atoms with E-state index in [4.69, 9.17) is 10.00 Å². The van der Waals surface area contributed by atoms with Crippen molar-refractivity contribution in [2.45, 2.75) is 13.5 Å². The molecule has 0 spiro atoms. The van der Waals surface area contributed by atoms with E-state index >= 15 is 0 Å². The molecule has 4 heteroatoms. The van der Waals surface area contributed by atoms with Gasteiger partial charge in [0, 0.05) is 11.8 Å². The quantitative estimate of drug-likeness (QED) is 0.839. The number of aromatic nitrogens is 1. The van der Waals surface area contributed by atoms with Crippen LogP contribution >= 0.6 is 0 Å². The van der Waals surface area contributed by atoms with Crippen molar-refractivity contribution >= 4 is 0 Å². The molecule has 96 valence electrons. The lowest BCUT2D eigenvalue weighted by Crippen LogP contribution is -2.23. The van der Waals surface area contributed by atoms with Crippen molar-refractivity contribution < 1.29 is 4.74 Å². The van der Waals surface area contributed by atoms with Gasteiger partial charge in [0.15, 0.2) is 0 Å². The van der Waals surface area contributed by atoms with Crippen LogP contribution < -0.4 is 10.3 Å². The zero-order chi connectivity index (χ0) is 13.7. The maximum absolute atomic E-state index is 11.6. The molecule has 1 aromatic carbocycles. The highest BCUT2D eigenvalue weighted by Crippen LogP contribution is 2.12. The molecular weight excluding hydrogens is 240 g/mol. The maximum atomic E-state index is 11.6. The minimum absolute atomic E-state index is 0.0330. The molecule has 0 aliphatic heterocycles. The van der Waals surface area contributed by atoms with Crippen LogP contribution in [0.1, 0.15) is 11.3 Å². The molecule has 2 aromatic rings. The summed E-state index contributed by atoms with van der Waals surface area (Å²) in [6, 6.07) is 14.2. The van der Waals surface area contributed by atoms with Crippen LogP contribution in [0, 0.1) is 18.3 Å². The second-order valence-electron chi connectivity index (χ2n) is 4.15. The molecule has 0 saturated carbocycles. The Labute approximate surface area is 111 Å². The second kappa shape index (κ2) is 5.87. The fourth-order valence-corrected chi connectivity index (χ4v) is 1.82. The van der Waals surface area contributed by atoms with Gasteiger partial charge in [-0.15, -0.1) is 0 Å². The Bertz CT molecular complexity index is 668. The molecule has 0 aliphatic carbocycles. The number of ether oxygens (including phenoxy) is 1. The lowest BCUT2D eigenvalue weighted by molar-refractivity contribution is 0.295. The van der Waals surface area contributed by atoms with Crippen LogP contribution in [0.15, 0.2) is 47.3 Å². The third-order valence-corrected chi connectivity index (χ3v) is 2.81. The fourth-order valence-electron chi connectivity index (χ4n) is 1.82. The van der Waals surface area contributed by atoms with Crippen molar-refractivity contribution in [3.63, 3.8) is 0 Å². The van der Waals surface area contributed by atoms with Gasteiger partial charge in [0.2, 0.25) is 0 Å². The molecule has 0 unspecified atom stereocenters. The van der Waals surface area contributed by atoms with Crippen LogP contribution in [0.2, 0.25) is 0 Å². The van der Waals surface area contributed by atoms with Crippen LogP contribution in [0.4, 0.5) is 0 Å². The molecule has 2 rings (SSSR count). The molecule has 0 saturated heterocycles. The Kier molecular flexibility index (Phi) is 3.99. The Morgan fingerprint density at radius 2 is 2.05 bits per heavy atom. The summed E-state index contributed by atoms with van der Waals surface area (Å²) in [6.07, 6.45) is 0. The Hall–Kier alpha value is -2.54. The standard InChI is InChI=1S/C15H14N2O2/c1-12-4-2-7-15(18)17(12)8-9-19-14-6-3-5-13(10-14)11-16/h2-7,10H,8-9H2,1H3. The van der Waals surface area contributed by atoms with Crippen LogP contribution in [0.5, 0.6) is 5.75 Å². The summed E-state index contributed by atoms with van der Waals surface area (Å²) in [4.78, 5) is 11.6. The van der Waals surface area contributed by atoms with E-state index in [-0.39, 0.29) is 5.56 Å². The Balaban J connectivity index is 2.01.